The van der Waals surface area contributed by atoms with Crippen LogP contribution < -0.4 is 0 Å². The van der Waals surface area contributed by atoms with Crippen LogP contribution in [-0.2, 0) is 20.7 Å². The van der Waals surface area contributed by atoms with Gasteiger partial charge in [0, 0.05) is 22.3 Å². The Hall–Kier alpha value is -7.62. The van der Waals surface area contributed by atoms with Gasteiger partial charge in [0.1, 0.15) is 0 Å². The second kappa shape index (κ2) is 4.92. The Morgan fingerprint density at radius 3 is 0.344 bits per heavy atom. The Morgan fingerprint density at radius 1 is 0.141 bits per heavy atom. The van der Waals surface area contributed by atoms with E-state index in [0.717, 1.165) is 0 Å². The van der Waals surface area contributed by atoms with E-state index in [-0.39, 0.29) is 0 Å². The SMILES string of the molecule is C1COC23c4c5c6c7c8c9c(c%10c%11c2c2c4c4c%12c5c5c6c6c8c8c%13c9c9c%10c%10c%11c%11c2c2c4c4c%12c%12c5c5c6c8c6c8c%13c9c9c%10c%10c%11c2c2c4c4c%12c5c6c5c8c9c%10c2c45)C73O1. The molecule has 1 fully saturated rings. The predicted octanol–water partition coefficient (Wildman–Crippen LogP) is 16.3. The molecule has 0 amide bonds. The molecule has 0 saturated carbocycles. The normalized spacial score (nSPS) is 23.8. The van der Waals surface area contributed by atoms with Crippen LogP contribution in [0.15, 0.2) is 0 Å². The highest BCUT2D eigenvalue weighted by atomic mass is 16.6. The van der Waals surface area contributed by atoms with Gasteiger partial charge in [-0.1, -0.05) is 0 Å². The van der Waals surface area contributed by atoms with E-state index >= 15 is 0 Å². The minimum absolute atomic E-state index is 0.624. The molecule has 0 N–H and O–H groups in total. The molecule has 1 saturated heterocycles. The van der Waals surface area contributed by atoms with E-state index in [1.807, 2.05) is 0 Å². The van der Waals surface area contributed by atoms with Crippen molar-refractivity contribution in [3.05, 3.63) is 22.3 Å². The summed E-state index contributed by atoms with van der Waals surface area (Å²) in [5.41, 5.74) is 4.58. The average molecular weight is 781 g/mol. The summed E-state index contributed by atoms with van der Waals surface area (Å²) >= 11 is 0. The van der Waals surface area contributed by atoms with Gasteiger partial charge in [0.25, 0.3) is 0 Å². The van der Waals surface area contributed by atoms with E-state index in [9.17, 15) is 0 Å². The number of hydrogen-bond donors (Lipinski definition) is 0. The average Bonchev–Trinajstić information content (AvgIpc) is 4.16. The molecule has 2 spiro atoms. The summed E-state index contributed by atoms with van der Waals surface area (Å²) in [6, 6.07) is 0. The van der Waals surface area contributed by atoms with Gasteiger partial charge in [-0.2, -0.15) is 0 Å². The lowest BCUT2D eigenvalue weighted by molar-refractivity contribution is -0.232. The van der Waals surface area contributed by atoms with Crippen molar-refractivity contribution in [1.82, 2.24) is 0 Å². The lowest BCUT2D eigenvalue weighted by Crippen LogP contribution is -2.58. The molecule has 5 aliphatic rings. The van der Waals surface area contributed by atoms with Crippen LogP contribution in [0.1, 0.15) is 22.3 Å². The second-order valence-corrected chi connectivity index (χ2v) is 23.8. The Labute approximate surface area is 345 Å². The van der Waals surface area contributed by atoms with Gasteiger partial charge < -0.3 is 9.47 Å². The molecule has 64 heavy (non-hydrogen) atoms. The molecule has 4 aliphatic carbocycles. The lowest BCUT2D eigenvalue weighted by Gasteiger charge is -2.55. The van der Waals surface area contributed by atoms with Crippen LogP contribution in [0, 0.1) is 0 Å². The molecule has 264 valence electrons. The zero-order valence-electron chi connectivity index (χ0n) is 32.2. The van der Waals surface area contributed by atoms with Crippen molar-refractivity contribution in [2.45, 2.75) is 11.2 Å². The van der Waals surface area contributed by atoms with Crippen LogP contribution in [0.5, 0.6) is 0 Å². The van der Waals surface area contributed by atoms with Gasteiger partial charge in [-0.05, 0) is 291 Å². The van der Waals surface area contributed by atoms with Gasteiger partial charge >= 0.3 is 0 Å². The van der Waals surface area contributed by atoms with Gasteiger partial charge in [0.15, 0.2) is 11.2 Å². The number of rotatable bonds is 0. The second-order valence-electron chi connectivity index (χ2n) is 23.8. The number of benzene rings is 18. The molecular formula is C62H4O2. The zero-order valence-corrected chi connectivity index (χ0v) is 32.2. The summed E-state index contributed by atoms with van der Waals surface area (Å²) in [4.78, 5) is 0. The molecule has 28 aromatic carbocycles. The number of ether oxygens (including phenoxy) is 2. The van der Waals surface area contributed by atoms with Crippen LogP contribution in [0.25, 0.3) is 291 Å². The zero-order chi connectivity index (χ0) is 37.3. The van der Waals surface area contributed by atoms with E-state index < -0.39 is 11.2 Å². The predicted molar refractivity (Wildman–Crippen MR) is 266 cm³/mol. The van der Waals surface area contributed by atoms with Gasteiger partial charge in [0.05, 0.1) is 13.2 Å². The quantitative estimate of drug-likeness (QED) is 0.143. The molecule has 2 nitrogen and oxygen atoms in total. The van der Waals surface area contributed by atoms with Gasteiger partial charge in [-0.15, -0.1) is 0 Å². The van der Waals surface area contributed by atoms with Crippen molar-refractivity contribution < 1.29 is 9.47 Å². The maximum Gasteiger partial charge on any atom is 0.158 e. The minimum atomic E-state index is -0.739. The fourth-order valence-electron chi connectivity index (χ4n) is 24.0. The van der Waals surface area contributed by atoms with Crippen LogP contribution >= 0.6 is 0 Å². The third-order valence-electron chi connectivity index (χ3n) is 23.9. The molecule has 28 aromatic rings. The molecule has 33 rings (SSSR count). The van der Waals surface area contributed by atoms with Crippen molar-refractivity contribution in [2.75, 3.05) is 13.2 Å². The maximum atomic E-state index is 8.14. The lowest BCUT2D eigenvalue weighted by atomic mass is 9.61. The van der Waals surface area contributed by atoms with Crippen LogP contribution in [-0.4, -0.2) is 13.2 Å². The van der Waals surface area contributed by atoms with Crippen LogP contribution in [0.3, 0.4) is 0 Å². The van der Waals surface area contributed by atoms with Gasteiger partial charge in [0.2, 0.25) is 0 Å². The van der Waals surface area contributed by atoms with E-state index in [4.69, 9.17) is 9.47 Å². The molecule has 1 aliphatic heterocycles. The van der Waals surface area contributed by atoms with Gasteiger partial charge in [-0.25, -0.2) is 0 Å². The third-order valence-corrected chi connectivity index (χ3v) is 23.9. The first-order valence-corrected chi connectivity index (χ1v) is 24.0. The van der Waals surface area contributed by atoms with Crippen molar-refractivity contribution in [3.63, 3.8) is 0 Å². The van der Waals surface area contributed by atoms with E-state index in [0.29, 0.717) is 13.2 Å². The van der Waals surface area contributed by atoms with E-state index in [1.165, 1.54) is 22.3 Å². The Kier molecular flexibility index (Phi) is 1.74. The molecule has 1 heterocycles. The van der Waals surface area contributed by atoms with E-state index in [2.05, 4.69) is 0 Å². The van der Waals surface area contributed by atoms with Crippen molar-refractivity contribution >= 4 is 291 Å². The van der Waals surface area contributed by atoms with E-state index in [1.54, 1.807) is 291 Å². The summed E-state index contributed by atoms with van der Waals surface area (Å²) < 4.78 is 16.3. The molecule has 0 bridgehead atoms. The number of hydrogen-bond acceptors (Lipinski definition) is 2. The Balaban J connectivity index is 1.29. The molecule has 0 unspecified atom stereocenters. The van der Waals surface area contributed by atoms with Crippen LogP contribution in [0.4, 0.5) is 0 Å². The summed E-state index contributed by atoms with van der Waals surface area (Å²) in [5, 5.41) is 87.1. The van der Waals surface area contributed by atoms with Crippen molar-refractivity contribution in [1.29, 1.82) is 0 Å². The molecule has 2 heteroatoms. The van der Waals surface area contributed by atoms with Crippen molar-refractivity contribution in [3.8, 4) is 0 Å². The summed E-state index contributed by atoms with van der Waals surface area (Å²) in [6.45, 7) is 1.25. The Morgan fingerprint density at radius 2 is 0.234 bits per heavy atom. The highest BCUT2D eigenvalue weighted by molar-refractivity contribution is 6.82. The largest absolute Gasteiger partial charge is 0.359 e. The first-order valence-electron chi connectivity index (χ1n) is 24.0. The highest BCUT2D eigenvalue weighted by Crippen LogP contribution is 2.85. The molecule has 0 aromatic heterocycles. The maximum absolute atomic E-state index is 8.14. The standard InChI is InChI=1S/C62H4O2/c1-2-64-62-59-51-43-33-23-15-7-4-3-5-9-11(7)19-25-17(9)27-21-13(5)14-6(3)10-12-8(4)16(15)24-30-20(12)26-18(10)28-22(14)32-31(21)41-35(27)45-39(25)47(37(43)29(19)23)55(59)53(45)57-49(41)50-42(32)36(28)46-40(26)48-38(30)44(34(24)33)52(51)60(62)56(48)54(46)58(50)61(57,62)63-1/h1-2H2. The topological polar surface area (TPSA) is 18.5 Å². The first kappa shape index (κ1) is 22.6. The fourth-order valence-corrected chi connectivity index (χ4v) is 24.0. The van der Waals surface area contributed by atoms with Crippen molar-refractivity contribution in [2.24, 2.45) is 0 Å². The smallest absolute Gasteiger partial charge is 0.158 e. The summed E-state index contributed by atoms with van der Waals surface area (Å²) in [7, 11) is 0. The fraction of sp³-hybridized carbons (Fsp3) is 0.0645. The first-order chi connectivity index (χ1) is 31.9. The minimum Gasteiger partial charge on any atom is -0.359 e. The summed E-state index contributed by atoms with van der Waals surface area (Å²) in [6.07, 6.45) is 0. The molecule has 0 radical (unpaired) electrons. The van der Waals surface area contributed by atoms with Gasteiger partial charge in [-0.3, -0.25) is 0 Å². The Bertz CT molecular complexity index is 6370. The highest BCUT2D eigenvalue weighted by Gasteiger charge is 2.73. The molecular weight excluding hydrogens is 777 g/mol. The molecule has 0 atom stereocenters. The third kappa shape index (κ3) is 1.11. The van der Waals surface area contributed by atoms with Crippen LogP contribution in [0.2, 0.25) is 0 Å². The summed E-state index contributed by atoms with van der Waals surface area (Å²) in [5.74, 6) is 0. The monoisotopic (exact) mass is 780 g/mol.